The molecule has 1 amide bonds. The van der Waals surface area contributed by atoms with E-state index in [1.807, 2.05) is 58.0 Å². The number of aliphatic hydroxyl groups is 1. The first-order valence-corrected chi connectivity index (χ1v) is 11.7. The summed E-state index contributed by atoms with van der Waals surface area (Å²) in [5.74, 6) is -1.62. The molecule has 1 saturated heterocycles. The Morgan fingerprint density at radius 1 is 0.941 bits per heavy atom. The number of carbonyl (C=O) groups excluding carboxylic acids is 2. The molecule has 0 spiro atoms. The normalized spacial score (nSPS) is 17.6. The molecule has 3 heterocycles. The van der Waals surface area contributed by atoms with Crippen molar-refractivity contribution in [1.82, 2.24) is 9.97 Å². The van der Waals surface area contributed by atoms with Crippen LogP contribution in [0, 0.1) is 27.7 Å². The fourth-order valence-electron chi connectivity index (χ4n) is 4.49. The van der Waals surface area contributed by atoms with Gasteiger partial charge in [0.05, 0.1) is 21.8 Å². The summed E-state index contributed by atoms with van der Waals surface area (Å²) < 4.78 is 0.942. The Hall–Kier alpha value is -3.84. The van der Waals surface area contributed by atoms with E-state index >= 15 is 0 Å². The fraction of sp³-hybridized carbons (Fsp3) is 0.185. The molecule has 1 atom stereocenters. The molecule has 1 aliphatic rings. The van der Waals surface area contributed by atoms with Gasteiger partial charge in [-0.2, -0.15) is 0 Å². The summed E-state index contributed by atoms with van der Waals surface area (Å²) in [4.78, 5) is 37.0. The number of aliphatic hydroxyl groups excluding tert-OH is 1. The van der Waals surface area contributed by atoms with Gasteiger partial charge in [-0.05, 0) is 74.2 Å². The third-order valence-electron chi connectivity index (χ3n) is 6.14. The van der Waals surface area contributed by atoms with Gasteiger partial charge in [0.15, 0.2) is 5.13 Å². The summed E-state index contributed by atoms with van der Waals surface area (Å²) in [6, 6.07) is 12.4. The van der Waals surface area contributed by atoms with E-state index in [0.29, 0.717) is 16.3 Å². The van der Waals surface area contributed by atoms with Crippen LogP contribution in [0.3, 0.4) is 0 Å². The zero-order valence-electron chi connectivity index (χ0n) is 19.3. The van der Waals surface area contributed by atoms with Crippen LogP contribution >= 0.6 is 11.3 Å². The van der Waals surface area contributed by atoms with Crippen molar-refractivity contribution in [2.24, 2.45) is 0 Å². The molecule has 1 aliphatic heterocycles. The predicted octanol–water partition coefficient (Wildman–Crippen LogP) is 5.55. The SMILES string of the molecule is Cc1ccc(C)c(/C(O)=C2\C(=O)C(=O)N(c3nc4c(C)cc(C)cc4s3)C2c2ccncc2)c1. The molecule has 2 aromatic carbocycles. The van der Waals surface area contributed by atoms with Gasteiger partial charge in [0, 0.05) is 18.0 Å². The molecule has 0 aliphatic carbocycles. The molecular formula is C27H23N3O3S. The lowest BCUT2D eigenvalue weighted by molar-refractivity contribution is -0.132. The quantitative estimate of drug-likeness (QED) is 0.242. The maximum absolute atomic E-state index is 13.4. The lowest BCUT2D eigenvalue weighted by Gasteiger charge is -2.23. The van der Waals surface area contributed by atoms with Crippen molar-refractivity contribution in [3.05, 3.63) is 93.8 Å². The van der Waals surface area contributed by atoms with Crippen molar-refractivity contribution >= 4 is 44.1 Å². The molecule has 1 unspecified atom stereocenters. The summed E-state index contributed by atoms with van der Waals surface area (Å²) in [5, 5.41) is 11.8. The molecule has 6 nitrogen and oxygen atoms in total. The first-order chi connectivity index (χ1) is 16.3. The summed E-state index contributed by atoms with van der Waals surface area (Å²) in [7, 11) is 0. The number of ketones is 1. The van der Waals surface area contributed by atoms with E-state index in [0.717, 1.165) is 32.5 Å². The molecule has 0 saturated carbocycles. The monoisotopic (exact) mass is 469 g/mol. The molecule has 1 fully saturated rings. The number of rotatable bonds is 3. The van der Waals surface area contributed by atoms with Gasteiger partial charge >= 0.3 is 5.91 Å². The minimum atomic E-state index is -0.815. The van der Waals surface area contributed by atoms with Crippen LogP contribution in [0.1, 0.15) is 39.4 Å². The number of hydrogen-bond donors (Lipinski definition) is 1. The van der Waals surface area contributed by atoms with E-state index in [1.165, 1.54) is 16.2 Å². The minimum absolute atomic E-state index is 0.0528. The second kappa shape index (κ2) is 8.18. The van der Waals surface area contributed by atoms with Crippen LogP contribution < -0.4 is 4.90 Å². The lowest BCUT2D eigenvalue weighted by atomic mass is 9.94. The Balaban J connectivity index is 1.76. The van der Waals surface area contributed by atoms with Crippen LogP contribution in [0.2, 0.25) is 0 Å². The Bertz CT molecular complexity index is 1500. The predicted molar refractivity (Wildman–Crippen MR) is 134 cm³/mol. The number of aromatic nitrogens is 2. The number of thiazole rings is 1. The Labute approximate surface area is 201 Å². The number of aryl methyl sites for hydroxylation is 4. The number of carbonyl (C=O) groups is 2. The topological polar surface area (TPSA) is 83.4 Å². The summed E-state index contributed by atoms with van der Waals surface area (Å²) in [6.07, 6.45) is 3.22. The van der Waals surface area contributed by atoms with Gasteiger partial charge in [0.1, 0.15) is 5.76 Å². The molecule has 1 N–H and O–H groups in total. The lowest BCUT2D eigenvalue weighted by Crippen LogP contribution is -2.29. The molecule has 170 valence electrons. The second-order valence-electron chi connectivity index (χ2n) is 8.69. The molecule has 5 rings (SSSR count). The van der Waals surface area contributed by atoms with Crippen LogP contribution in [-0.2, 0) is 9.59 Å². The summed E-state index contributed by atoms with van der Waals surface area (Å²) in [5.41, 5.74) is 5.93. The third kappa shape index (κ3) is 3.49. The van der Waals surface area contributed by atoms with E-state index in [4.69, 9.17) is 4.98 Å². The average Bonchev–Trinajstić information content (AvgIpc) is 3.34. The van der Waals surface area contributed by atoms with Crippen molar-refractivity contribution in [3.8, 4) is 0 Å². The number of amides is 1. The molecule has 0 bridgehead atoms. The zero-order chi connectivity index (χ0) is 24.1. The smallest absolute Gasteiger partial charge is 0.301 e. The molecule has 7 heteroatoms. The zero-order valence-corrected chi connectivity index (χ0v) is 20.1. The summed E-state index contributed by atoms with van der Waals surface area (Å²) in [6.45, 7) is 7.78. The van der Waals surface area contributed by atoms with Crippen LogP contribution in [-0.4, -0.2) is 26.8 Å². The fourth-order valence-corrected chi connectivity index (χ4v) is 5.66. The molecule has 4 aromatic rings. The number of benzene rings is 2. The van der Waals surface area contributed by atoms with Crippen LogP contribution in [0.25, 0.3) is 16.0 Å². The van der Waals surface area contributed by atoms with Gasteiger partial charge in [-0.15, -0.1) is 0 Å². The largest absolute Gasteiger partial charge is 0.507 e. The Morgan fingerprint density at radius 3 is 2.41 bits per heavy atom. The van der Waals surface area contributed by atoms with Gasteiger partial charge in [-0.1, -0.05) is 35.1 Å². The van der Waals surface area contributed by atoms with Crippen molar-refractivity contribution < 1.29 is 14.7 Å². The van der Waals surface area contributed by atoms with Gasteiger partial charge in [0.2, 0.25) is 0 Å². The number of hydrogen-bond acceptors (Lipinski definition) is 6. The van der Waals surface area contributed by atoms with E-state index in [-0.39, 0.29) is 11.3 Å². The van der Waals surface area contributed by atoms with Gasteiger partial charge in [0.25, 0.3) is 5.78 Å². The third-order valence-corrected chi connectivity index (χ3v) is 7.14. The van der Waals surface area contributed by atoms with Crippen LogP contribution in [0.15, 0.2) is 60.4 Å². The van der Waals surface area contributed by atoms with E-state index in [9.17, 15) is 14.7 Å². The van der Waals surface area contributed by atoms with Crippen molar-refractivity contribution in [1.29, 1.82) is 0 Å². The van der Waals surface area contributed by atoms with Crippen molar-refractivity contribution in [2.75, 3.05) is 4.90 Å². The van der Waals surface area contributed by atoms with Gasteiger partial charge < -0.3 is 5.11 Å². The van der Waals surface area contributed by atoms with Gasteiger partial charge in [-0.3, -0.25) is 19.5 Å². The van der Waals surface area contributed by atoms with E-state index < -0.39 is 17.7 Å². The van der Waals surface area contributed by atoms with Gasteiger partial charge in [-0.25, -0.2) is 4.98 Å². The average molecular weight is 470 g/mol. The van der Waals surface area contributed by atoms with Crippen molar-refractivity contribution in [2.45, 2.75) is 33.7 Å². The number of pyridine rings is 1. The van der Waals surface area contributed by atoms with Crippen LogP contribution in [0.4, 0.5) is 5.13 Å². The first-order valence-electron chi connectivity index (χ1n) is 10.9. The number of anilines is 1. The number of Topliss-reactive ketones (excluding diaryl/α,β-unsaturated/α-hetero) is 1. The number of fused-ring (bicyclic) bond motifs is 1. The molecule has 0 radical (unpaired) electrons. The maximum Gasteiger partial charge on any atom is 0.301 e. The molecular weight excluding hydrogens is 446 g/mol. The highest BCUT2D eigenvalue weighted by atomic mass is 32.1. The minimum Gasteiger partial charge on any atom is -0.507 e. The summed E-state index contributed by atoms with van der Waals surface area (Å²) >= 11 is 1.36. The highest BCUT2D eigenvalue weighted by Crippen LogP contribution is 2.44. The second-order valence-corrected chi connectivity index (χ2v) is 9.70. The number of nitrogens with zero attached hydrogens (tertiary/aromatic N) is 3. The Morgan fingerprint density at radius 2 is 1.68 bits per heavy atom. The van der Waals surface area contributed by atoms with Crippen molar-refractivity contribution in [3.63, 3.8) is 0 Å². The van der Waals surface area contributed by atoms with E-state index in [2.05, 4.69) is 4.98 Å². The maximum atomic E-state index is 13.4. The van der Waals surface area contributed by atoms with Crippen LogP contribution in [0.5, 0.6) is 0 Å². The molecule has 2 aromatic heterocycles. The molecule has 34 heavy (non-hydrogen) atoms. The standard InChI is InChI=1S/C27H23N3O3S/c1-14-5-6-16(3)19(12-14)24(31)21-23(18-7-9-28-10-8-18)30(26(33)25(21)32)27-29-22-17(4)11-15(2)13-20(22)34-27/h5-13,23,31H,1-4H3/b24-21+. The first kappa shape index (κ1) is 22.0. The Kier molecular flexibility index (Phi) is 5.29. The van der Waals surface area contributed by atoms with E-state index in [1.54, 1.807) is 24.5 Å². The highest BCUT2D eigenvalue weighted by Gasteiger charge is 2.48. The highest BCUT2D eigenvalue weighted by molar-refractivity contribution is 7.22.